The van der Waals surface area contributed by atoms with Gasteiger partial charge in [0.2, 0.25) is 0 Å². The van der Waals surface area contributed by atoms with Crippen LogP contribution in [-0.2, 0) is 10.2 Å². The molecular formula is C33H50FO2-. The summed E-state index contributed by atoms with van der Waals surface area (Å²) in [5.74, 6) is 1.15. The van der Waals surface area contributed by atoms with Crippen molar-refractivity contribution in [3.8, 4) is 0 Å². The lowest BCUT2D eigenvalue weighted by atomic mass is 9.54. The number of aliphatic carboxylic acids is 1. The third-order valence-electron chi connectivity index (χ3n) is 10.8. The zero-order valence-corrected chi connectivity index (χ0v) is 23.2. The average Bonchev–Trinajstić information content (AvgIpc) is 2.89. The Labute approximate surface area is 219 Å². The molecule has 202 valence electrons. The Morgan fingerprint density at radius 2 is 1.53 bits per heavy atom. The van der Waals surface area contributed by atoms with Crippen molar-refractivity contribution in [2.75, 3.05) is 0 Å². The molecule has 0 aliphatic heterocycles. The molecule has 0 amide bonds. The number of alkyl halides is 1. The minimum absolute atomic E-state index is 0.243. The summed E-state index contributed by atoms with van der Waals surface area (Å²) in [5, 5.41) is 11.7. The van der Waals surface area contributed by atoms with E-state index in [1.807, 2.05) is 0 Å². The predicted molar refractivity (Wildman–Crippen MR) is 144 cm³/mol. The number of hydrogen-bond donors (Lipinski definition) is 0. The van der Waals surface area contributed by atoms with Crippen molar-refractivity contribution in [2.24, 2.45) is 29.6 Å². The zero-order chi connectivity index (χ0) is 25.7. The van der Waals surface area contributed by atoms with Gasteiger partial charge in [0.1, 0.15) is 6.17 Å². The highest BCUT2D eigenvalue weighted by molar-refractivity contribution is 5.68. The van der Waals surface area contributed by atoms with E-state index in [4.69, 9.17) is 0 Å². The smallest absolute Gasteiger partial charge is 0.109 e. The van der Waals surface area contributed by atoms with E-state index in [1.54, 1.807) is 0 Å². The van der Waals surface area contributed by atoms with Gasteiger partial charge in [0.15, 0.2) is 0 Å². The van der Waals surface area contributed by atoms with Gasteiger partial charge in [-0.1, -0.05) is 96.4 Å². The van der Waals surface area contributed by atoms with E-state index in [9.17, 15) is 9.90 Å². The van der Waals surface area contributed by atoms with E-state index in [2.05, 4.69) is 45.0 Å². The highest BCUT2D eigenvalue weighted by Crippen LogP contribution is 2.55. The first-order valence-electron chi connectivity index (χ1n) is 15.3. The first-order chi connectivity index (χ1) is 17.4. The van der Waals surface area contributed by atoms with Gasteiger partial charge in [-0.05, 0) is 85.7 Å². The molecule has 3 aliphatic carbocycles. The normalized spacial score (nSPS) is 36.3. The van der Waals surface area contributed by atoms with E-state index in [0.29, 0.717) is 30.6 Å². The van der Waals surface area contributed by atoms with E-state index < -0.39 is 18.1 Å². The summed E-state index contributed by atoms with van der Waals surface area (Å²) in [4.78, 5) is 11.7. The number of hydrogen-bond acceptors (Lipinski definition) is 2. The van der Waals surface area contributed by atoms with Gasteiger partial charge in [-0.2, -0.15) is 0 Å². The third-order valence-corrected chi connectivity index (χ3v) is 10.8. The lowest BCUT2D eigenvalue weighted by molar-refractivity contribution is -0.314. The van der Waals surface area contributed by atoms with E-state index in [0.717, 1.165) is 31.1 Å². The molecule has 1 aromatic carbocycles. The van der Waals surface area contributed by atoms with Crippen molar-refractivity contribution in [2.45, 2.75) is 135 Å². The van der Waals surface area contributed by atoms with Crippen LogP contribution in [-0.4, -0.2) is 12.1 Å². The van der Waals surface area contributed by atoms with Gasteiger partial charge in [-0.15, -0.1) is 0 Å². The summed E-state index contributed by atoms with van der Waals surface area (Å²) < 4.78 is 15.6. The molecule has 0 N–H and O–H groups in total. The second-order valence-electron chi connectivity index (χ2n) is 12.8. The Kier molecular flexibility index (Phi) is 9.56. The standard InChI is InChI=1S/C33H51FO2/c1-4-8-24-12-16-26(17-13-24)23(3)28-10-6-7-11-30(28)33(21-20-29(32(35)36)31(34)22-33)27-18-14-25(9-5-2)15-19-27/h6-7,10-11,23-27,29,31H,4-5,8-9,12-22H2,1-3H3,(H,35,36)/p-1. The monoisotopic (exact) mass is 497 g/mol. The lowest BCUT2D eigenvalue weighted by Gasteiger charge is -2.51. The zero-order valence-electron chi connectivity index (χ0n) is 23.2. The summed E-state index contributed by atoms with van der Waals surface area (Å²) >= 11 is 0. The second kappa shape index (κ2) is 12.4. The van der Waals surface area contributed by atoms with Crippen LogP contribution < -0.4 is 5.11 Å². The van der Waals surface area contributed by atoms with Gasteiger partial charge in [0.25, 0.3) is 0 Å². The van der Waals surface area contributed by atoms with Gasteiger partial charge in [-0.3, -0.25) is 0 Å². The molecule has 0 saturated heterocycles. The molecule has 0 aromatic heterocycles. The predicted octanol–water partition coefficient (Wildman–Crippen LogP) is 8.13. The van der Waals surface area contributed by atoms with Crippen LogP contribution in [0.4, 0.5) is 4.39 Å². The SMILES string of the molecule is CCCC1CCC(C(C)c2ccccc2C2(C3CCC(CCC)CC3)CCC(C(=O)[O-])C(F)C2)CC1. The molecule has 3 saturated carbocycles. The van der Waals surface area contributed by atoms with Crippen molar-refractivity contribution in [3.63, 3.8) is 0 Å². The van der Waals surface area contributed by atoms with E-state index in [1.165, 1.54) is 75.3 Å². The van der Waals surface area contributed by atoms with Crippen molar-refractivity contribution >= 4 is 5.97 Å². The summed E-state index contributed by atoms with van der Waals surface area (Å²) in [7, 11) is 0. The number of benzene rings is 1. The first-order valence-corrected chi connectivity index (χ1v) is 15.3. The van der Waals surface area contributed by atoms with Crippen LogP contribution in [0.1, 0.15) is 134 Å². The molecule has 0 heterocycles. The average molecular weight is 498 g/mol. The molecule has 4 rings (SSSR count). The maximum Gasteiger partial charge on any atom is 0.109 e. The molecule has 2 nitrogen and oxygen atoms in total. The van der Waals surface area contributed by atoms with Crippen LogP contribution in [0.2, 0.25) is 0 Å². The molecule has 1 aromatic rings. The lowest BCUT2D eigenvalue weighted by Crippen LogP contribution is -2.49. The molecule has 3 heteroatoms. The van der Waals surface area contributed by atoms with Gasteiger partial charge in [0.05, 0.1) is 0 Å². The Morgan fingerprint density at radius 3 is 2.08 bits per heavy atom. The first kappa shape index (κ1) is 27.6. The number of halogens is 1. The second-order valence-corrected chi connectivity index (χ2v) is 12.8. The van der Waals surface area contributed by atoms with E-state index >= 15 is 4.39 Å². The van der Waals surface area contributed by atoms with Gasteiger partial charge in [0, 0.05) is 17.3 Å². The molecule has 4 unspecified atom stereocenters. The minimum Gasteiger partial charge on any atom is -0.550 e. The van der Waals surface area contributed by atoms with Gasteiger partial charge >= 0.3 is 0 Å². The molecular weight excluding hydrogens is 447 g/mol. The molecule has 0 radical (unpaired) electrons. The summed E-state index contributed by atoms with van der Waals surface area (Å²) in [6, 6.07) is 8.93. The topological polar surface area (TPSA) is 40.1 Å². The van der Waals surface area contributed by atoms with Gasteiger partial charge in [-0.25, -0.2) is 4.39 Å². The Bertz CT molecular complexity index is 836. The van der Waals surface area contributed by atoms with Crippen LogP contribution in [0.25, 0.3) is 0 Å². The largest absolute Gasteiger partial charge is 0.550 e. The maximum atomic E-state index is 15.6. The van der Waals surface area contributed by atoms with Crippen LogP contribution in [0.5, 0.6) is 0 Å². The Hall–Kier alpha value is -1.38. The van der Waals surface area contributed by atoms with Crippen LogP contribution in [0.3, 0.4) is 0 Å². The molecule has 36 heavy (non-hydrogen) atoms. The highest BCUT2D eigenvalue weighted by atomic mass is 19.1. The summed E-state index contributed by atoms with van der Waals surface area (Å²) in [5.41, 5.74) is 2.53. The summed E-state index contributed by atoms with van der Waals surface area (Å²) in [6.45, 7) is 6.98. The molecule has 3 aliphatic rings. The quantitative estimate of drug-likeness (QED) is 0.345. The van der Waals surface area contributed by atoms with Crippen molar-refractivity contribution in [3.05, 3.63) is 35.4 Å². The molecule has 4 atom stereocenters. The number of carbonyl (C=O) groups excluding carboxylic acids is 1. The maximum absolute atomic E-state index is 15.6. The highest BCUT2D eigenvalue weighted by Gasteiger charge is 2.49. The van der Waals surface area contributed by atoms with Crippen molar-refractivity contribution < 1.29 is 14.3 Å². The fourth-order valence-corrected chi connectivity index (χ4v) is 8.69. The van der Waals surface area contributed by atoms with Gasteiger partial charge < -0.3 is 9.90 Å². The number of rotatable bonds is 9. The Balaban J connectivity index is 1.63. The number of carboxylic acid groups (broad SMARTS) is 1. The minimum atomic E-state index is -1.31. The summed E-state index contributed by atoms with van der Waals surface area (Å²) in [6.07, 6.45) is 15.5. The van der Waals surface area contributed by atoms with Crippen LogP contribution >= 0.6 is 0 Å². The van der Waals surface area contributed by atoms with Crippen molar-refractivity contribution in [1.29, 1.82) is 0 Å². The fourth-order valence-electron chi connectivity index (χ4n) is 8.69. The van der Waals surface area contributed by atoms with Crippen LogP contribution in [0, 0.1) is 29.6 Å². The molecule has 3 fully saturated rings. The number of carboxylic acids is 1. The van der Waals surface area contributed by atoms with Crippen LogP contribution in [0.15, 0.2) is 24.3 Å². The molecule has 0 spiro atoms. The van der Waals surface area contributed by atoms with E-state index in [-0.39, 0.29) is 5.41 Å². The number of carbonyl (C=O) groups is 1. The molecule has 0 bridgehead atoms. The van der Waals surface area contributed by atoms with Crippen molar-refractivity contribution in [1.82, 2.24) is 0 Å². The third kappa shape index (κ3) is 5.86. The fraction of sp³-hybridized carbons (Fsp3) is 0.788. The Morgan fingerprint density at radius 1 is 0.944 bits per heavy atom.